The zero-order chi connectivity index (χ0) is 11.7. The van der Waals surface area contributed by atoms with Crippen LogP contribution < -0.4 is 0 Å². The minimum absolute atomic E-state index is 0.0135. The summed E-state index contributed by atoms with van der Waals surface area (Å²) in [7, 11) is 0. The van der Waals surface area contributed by atoms with Crippen LogP contribution in [0.1, 0.15) is 13.8 Å². The largest absolute Gasteiger partial charge is 0.394 e. The van der Waals surface area contributed by atoms with Crippen molar-refractivity contribution < 1.29 is 14.6 Å². The number of nitrogens with zero attached hydrogens (tertiary/aromatic N) is 2. The molecule has 2 rings (SSSR count). The number of hydrogen-bond donors (Lipinski definition) is 1. The summed E-state index contributed by atoms with van der Waals surface area (Å²) < 4.78 is 5.37. The van der Waals surface area contributed by atoms with Crippen molar-refractivity contribution in [1.82, 2.24) is 9.80 Å². The van der Waals surface area contributed by atoms with Gasteiger partial charge < -0.3 is 14.7 Å². The van der Waals surface area contributed by atoms with Gasteiger partial charge in [0.2, 0.25) is 5.91 Å². The van der Waals surface area contributed by atoms with Gasteiger partial charge in [0.1, 0.15) is 12.7 Å². The summed E-state index contributed by atoms with van der Waals surface area (Å²) in [5.74, 6) is 0.0538. The number of piperazine rings is 1. The van der Waals surface area contributed by atoms with Gasteiger partial charge in [-0.2, -0.15) is 0 Å². The second kappa shape index (κ2) is 4.69. The Kier molecular flexibility index (Phi) is 3.47. The maximum absolute atomic E-state index is 11.7. The van der Waals surface area contributed by atoms with Crippen molar-refractivity contribution in [2.24, 2.45) is 0 Å². The highest BCUT2D eigenvalue weighted by Gasteiger charge is 2.40. The first-order valence-electron chi connectivity index (χ1n) is 5.89. The molecule has 1 N–H and O–H groups in total. The number of rotatable bonds is 2. The summed E-state index contributed by atoms with van der Waals surface area (Å²) in [5, 5.41) is 9.26. The van der Waals surface area contributed by atoms with Gasteiger partial charge in [-0.3, -0.25) is 9.69 Å². The zero-order valence-electron chi connectivity index (χ0n) is 9.93. The van der Waals surface area contributed by atoms with E-state index in [4.69, 9.17) is 4.74 Å². The number of morpholine rings is 1. The molecular weight excluding hydrogens is 208 g/mol. The lowest BCUT2D eigenvalue weighted by Gasteiger charge is -2.48. The number of aliphatic hydroxyl groups is 1. The monoisotopic (exact) mass is 228 g/mol. The summed E-state index contributed by atoms with van der Waals surface area (Å²) >= 11 is 0. The van der Waals surface area contributed by atoms with Crippen molar-refractivity contribution in [3.63, 3.8) is 0 Å². The molecule has 2 aliphatic rings. The van der Waals surface area contributed by atoms with E-state index in [9.17, 15) is 9.90 Å². The van der Waals surface area contributed by atoms with Gasteiger partial charge in [0, 0.05) is 25.7 Å². The van der Waals surface area contributed by atoms with Gasteiger partial charge in [0.25, 0.3) is 0 Å². The molecule has 2 fully saturated rings. The Hall–Kier alpha value is -0.650. The summed E-state index contributed by atoms with van der Waals surface area (Å²) in [6, 6.07) is 0.487. The van der Waals surface area contributed by atoms with Gasteiger partial charge >= 0.3 is 0 Å². The fourth-order valence-electron chi connectivity index (χ4n) is 2.48. The van der Waals surface area contributed by atoms with Crippen LogP contribution in [0.4, 0.5) is 0 Å². The number of aliphatic hydroxyl groups excluding tert-OH is 1. The highest BCUT2D eigenvalue weighted by atomic mass is 16.5. The second-order valence-electron chi connectivity index (χ2n) is 4.78. The molecule has 0 aliphatic carbocycles. The molecule has 0 aromatic heterocycles. The Balaban J connectivity index is 2.08. The van der Waals surface area contributed by atoms with Crippen molar-refractivity contribution in [3.05, 3.63) is 0 Å². The molecule has 2 saturated heterocycles. The molecule has 1 amide bonds. The first-order chi connectivity index (χ1) is 7.63. The van der Waals surface area contributed by atoms with E-state index in [-0.39, 0.29) is 31.3 Å². The van der Waals surface area contributed by atoms with Crippen LogP contribution in [0.15, 0.2) is 0 Å². The molecule has 5 heteroatoms. The predicted octanol–water partition coefficient (Wildman–Crippen LogP) is -0.701. The molecule has 0 bridgehead atoms. The Labute approximate surface area is 96.0 Å². The lowest BCUT2D eigenvalue weighted by molar-refractivity contribution is -0.167. The van der Waals surface area contributed by atoms with E-state index in [0.717, 1.165) is 19.6 Å². The van der Waals surface area contributed by atoms with Crippen LogP contribution in [-0.2, 0) is 9.53 Å². The van der Waals surface area contributed by atoms with Gasteiger partial charge in [-0.15, -0.1) is 0 Å². The number of carbonyl (C=O) groups excluding carboxylic acids is 1. The fraction of sp³-hybridized carbons (Fsp3) is 0.909. The third-order valence-corrected chi connectivity index (χ3v) is 3.53. The average Bonchev–Trinajstić information content (AvgIpc) is 2.29. The molecule has 0 aromatic rings. The number of hydrogen-bond acceptors (Lipinski definition) is 4. The lowest BCUT2D eigenvalue weighted by Crippen LogP contribution is -2.65. The Morgan fingerprint density at radius 3 is 2.88 bits per heavy atom. The molecule has 0 aromatic carbocycles. The third kappa shape index (κ3) is 2.07. The number of ether oxygens (including phenoxy) is 1. The fourth-order valence-corrected chi connectivity index (χ4v) is 2.48. The van der Waals surface area contributed by atoms with Crippen molar-refractivity contribution in [1.29, 1.82) is 0 Å². The van der Waals surface area contributed by atoms with E-state index in [1.54, 1.807) is 0 Å². The Morgan fingerprint density at radius 2 is 2.25 bits per heavy atom. The molecular formula is C11H20N2O3. The maximum Gasteiger partial charge on any atom is 0.249 e. The number of carbonyl (C=O) groups is 1. The van der Waals surface area contributed by atoms with E-state index in [2.05, 4.69) is 18.7 Å². The minimum atomic E-state index is -0.223. The van der Waals surface area contributed by atoms with E-state index in [0.29, 0.717) is 6.04 Å². The molecule has 5 nitrogen and oxygen atoms in total. The summed E-state index contributed by atoms with van der Waals surface area (Å²) in [6.07, 6.45) is -0.223. The van der Waals surface area contributed by atoms with E-state index in [1.165, 1.54) is 0 Å². The molecule has 2 atom stereocenters. The van der Waals surface area contributed by atoms with Crippen LogP contribution in [0.2, 0.25) is 0 Å². The van der Waals surface area contributed by atoms with Crippen molar-refractivity contribution in [2.45, 2.75) is 32.0 Å². The van der Waals surface area contributed by atoms with Gasteiger partial charge in [0.15, 0.2) is 0 Å². The normalized spacial score (nSPS) is 32.0. The first kappa shape index (κ1) is 11.8. The van der Waals surface area contributed by atoms with Crippen LogP contribution >= 0.6 is 0 Å². The van der Waals surface area contributed by atoms with Crippen molar-refractivity contribution >= 4 is 5.91 Å². The van der Waals surface area contributed by atoms with E-state index in [1.807, 2.05) is 4.90 Å². The summed E-state index contributed by atoms with van der Waals surface area (Å²) in [4.78, 5) is 15.9. The van der Waals surface area contributed by atoms with Crippen molar-refractivity contribution in [3.8, 4) is 0 Å². The Morgan fingerprint density at radius 1 is 1.50 bits per heavy atom. The molecule has 0 unspecified atom stereocenters. The predicted molar refractivity (Wildman–Crippen MR) is 59.0 cm³/mol. The smallest absolute Gasteiger partial charge is 0.249 e. The molecule has 0 radical (unpaired) electrons. The quantitative estimate of drug-likeness (QED) is 0.679. The average molecular weight is 228 g/mol. The summed E-state index contributed by atoms with van der Waals surface area (Å²) in [6.45, 7) is 6.86. The van der Waals surface area contributed by atoms with Gasteiger partial charge in [0.05, 0.1) is 12.6 Å². The number of amides is 1. The van der Waals surface area contributed by atoms with Gasteiger partial charge in [-0.25, -0.2) is 0 Å². The standard InChI is InChI=1S/C11H20N2O3/c1-8(2)12-3-4-13-9(5-12)10(6-14)16-7-11(13)15/h8-10,14H,3-7H2,1-2H3/t9-,10-/m0/s1. The lowest BCUT2D eigenvalue weighted by atomic mass is 10.0. The molecule has 2 heterocycles. The highest BCUT2D eigenvalue weighted by molar-refractivity contribution is 5.78. The first-order valence-corrected chi connectivity index (χ1v) is 5.89. The van der Waals surface area contributed by atoms with Crippen LogP contribution in [-0.4, -0.2) is 71.8 Å². The summed E-state index contributed by atoms with van der Waals surface area (Å²) in [5.41, 5.74) is 0. The molecule has 2 aliphatic heterocycles. The van der Waals surface area contributed by atoms with Gasteiger partial charge in [-0.1, -0.05) is 0 Å². The minimum Gasteiger partial charge on any atom is -0.394 e. The van der Waals surface area contributed by atoms with Gasteiger partial charge in [-0.05, 0) is 13.8 Å². The molecule has 0 spiro atoms. The van der Waals surface area contributed by atoms with Crippen LogP contribution in [0.5, 0.6) is 0 Å². The highest BCUT2D eigenvalue weighted by Crippen LogP contribution is 2.21. The van der Waals surface area contributed by atoms with Crippen molar-refractivity contribution in [2.75, 3.05) is 32.8 Å². The maximum atomic E-state index is 11.7. The van der Waals surface area contributed by atoms with E-state index >= 15 is 0 Å². The zero-order valence-corrected chi connectivity index (χ0v) is 9.93. The van der Waals surface area contributed by atoms with E-state index < -0.39 is 0 Å². The Bertz CT molecular complexity index is 270. The van der Waals surface area contributed by atoms with Crippen LogP contribution in [0.3, 0.4) is 0 Å². The molecule has 16 heavy (non-hydrogen) atoms. The third-order valence-electron chi connectivity index (χ3n) is 3.53. The SMILES string of the molecule is CC(C)N1CCN2C(=O)CO[C@@H](CO)[C@@H]2C1. The molecule has 92 valence electrons. The van der Waals surface area contributed by atoms with Crippen LogP contribution in [0.25, 0.3) is 0 Å². The second-order valence-corrected chi connectivity index (χ2v) is 4.78. The van der Waals surface area contributed by atoms with Crippen LogP contribution in [0, 0.1) is 0 Å². The topological polar surface area (TPSA) is 53.0 Å². The molecule has 0 saturated carbocycles. The number of fused-ring (bicyclic) bond motifs is 1.